The Morgan fingerprint density at radius 1 is 1.03 bits per heavy atom. The van der Waals surface area contributed by atoms with Gasteiger partial charge in [-0.2, -0.15) is 0 Å². The third-order valence-electron chi connectivity index (χ3n) is 6.27. The quantitative estimate of drug-likeness (QED) is 0.355. The smallest absolute Gasteiger partial charge is 0.269 e. The van der Waals surface area contributed by atoms with Gasteiger partial charge in [-0.05, 0) is 41.8 Å². The van der Waals surface area contributed by atoms with Crippen LogP contribution in [0.5, 0.6) is 11.5 Å². The number of carbonyl (C=O) groups excluding carboxylic acids is 1. The molecule has 0 aliphatic heterocycles. The van der Waals surface area contributed by atoms with Crippen molar-refractivity contribution < 1.29 is 27.8 Å². The number of hydrogen-bond acceptors (Lipinski definition) is 7. The van der Waals surface area contributed by atoms with Crippen molar-refractivity contribution in [2.45, 2.75) is 17.9 Å². The van der Waals surface area contributed by atoms with Crippen molar-refractivity contribution in [3.63, 3.8) is 0 Å². The van der Waals surface area contributed by atoms with Gasteiger partial charge in [0.15, 0.2) is 17.3 Å². The number of ether oxygens (including phenoxy) is 2. The van der Waals surface area contributed by atoms with E-state index in [1.807, 2.05) is 30.3 Å². The minimum atomic E-state index is -4.06. The van der Waals surface area contributed by atoms with Crippen LogP contribution in [0.2, 0.25) is 0 Å². The highest BCUT2D eigenvalue weighted by atomic mass is 32.2. The van der Waals surface area contributed by atoms with E-state index in [9.17, 15) is 18.3 Å². The molecular formula is C28H24N2O6S. The normalized spacial score (nSPS) is 12.7. The molecule has 1 aliphatic rings. The largest absolute Gasteiger partial charge is 0.493 e. The maximum absolute atomic E-state index is 13.7. The van der Waals surface area contributed by atoms with E-state index in [1.54, 1.807) is 18.2 Å². The highest BCUT2D eigenvalue weighted by molar-refractivity contribution is 7.90. The van der Waals surface area contributed by atoms with Crippen molar-refractivity contribution in [3.05, 3.63) is 113 Å². The second-order valence-corrected chi connectivity index (χ2v) is 10.2. The van der Waals surface area contributed by atoms with Gasteiger partial charge < -0.3 is 14.6 Å². The number of benzene rings is 3. The second-order valence-electron chi connectivity index (χ2n) is 8.40. The molecular weight excluding hydrogens is 492 g/mol. The number of methoxy groups -OCH3 is 2. The van der Waals surface area contributed by atoms with Gasteiger partial charge in [-0.1, -0.05) is 48.5 Å². The summed E-state index contributed by atoms with van der Waals surface area (Å²) in [4.78, 5) is 18.2. The molecule has 0 saturated heterocycles. The fourth-order valence-corrected chi connectivity index (χ4v) is 5.81. The average Bonchev–Trinajstić information content (AvgIpc) is 3.57. The van der Waals surface area contributed by atoms with E-state index in [-0.39, 0.29) is 34.3 Å². The number of imidazole rings is 1. The maximum atomic E-state index is 13.7. The van der Waals surface area contributed by atoms with Crippen LogP contribution in [0.25, 0.3) is 5.57 Å². The van der Waals surface area contributed by atoms with Crippen LogP contribution in [0.15, 0.2) is 83.9 Å². The standard InChI is InChI=1S/C28H24N2O6S/c1-35-25-15-19(14-20(17-31)27(25)36-2)26(32)24-16-30(37(33,34)21-9-4-3-5-10-21)28(29-24)23-13-12-18-8-6-7-11-22(18)23/h3-11,13-16,31H,12,17H2,1-2H3. The van der Waals surface area contributed by atoms with E-state index in [2.05, 4.69) is 4.98 Å². The number of aliphatic hydroxyl groups is 1. The number of carbonyl (C=O) groups is 1. The molecule has 9 heteroatoms. The second kappa shape index (κ2) is 9.68. The van der Waals surface area contributed by atoms with Crippen molar-refractivity contribution in [2.75, 3.05) is 14.2 Å². The zero-order valence-electron chi connectivity index (χ0n) is 20.2. The van der Waals surface area contributed by atoms with Crippen LogP contribution in [0.3, 0.4) is 0 Å². The predicted octanol–water partition coefficient (Wildman–Crippen LogP) is 3.85. The average molecular weight is 517 g/mol. The number of nitrogens with zero attached hydrogens (tertiary/aromatic N) is 2. The van der Waals surface area contributed by atoms with Crippen LogP contribution in [-0.2, 0) is 23.1 Å². The van der Waals surface area contributed by atoms with Crippen LogP contribution in [-0.4, -0.2) is 42.5 Å². The molecule has 0 bridgehead atoms. The summed E-state index contributed by atoms with van der Waals surface area (Å²) in [6.45, 7) is -0.383. The lowest BCUT2D eigenvalue weighted by atomic mass is 10.0. The van der Waals surface area contributed by atoms with Gasteiger partial charge in [0.05, 0.1) is 31.9 Å². The minimum Gasteiger partial charge on any atom is -0.493 e. The maximum Gasteiger partial charge on any atom is 0.269 e. The molecule has 3 aromatic carbocycles. The lowest BCUT2D eigenvalue weighted by Gasteiger charge is -2.13. The summed E-state index contributed by atoms with van der Waals surface area (Å²) in [5.74, 6) is 0.208. The van der Waals surface area contributed by atoms with E-state index in [1.165, 1.54) is 44.7 Å². The molecule has 4 aromatic rings. The van der Waals surface area contributed by atoms with Gasteiger partial charge in [-0.25, -0.2) is 17.4 Å². The predicted molar refractivity (Wildman–Crippen MR) is 137 cm³/mol. The molecule has 0 fully saturated rings. The first-order valence-electron chi connectivity index (χ1n) is 11.5. The SMILES string of the molecule is COc1cc(C(=O)c2cn(S(=O)(=O)c3ccccc3)c(C3=CCc4ccccc43)n2)cc(CO)c1OC. The van der Waals surface area contributed by atoms with Crippen LogP contribution >= 0.6 is 0 Å². The topological polar surface area (TPSA) is 108 Å². The number of rotatable bonds is 8. The van der Waals surface area contributed by atoms with E-state index in [0.29, 0.717) is 23.3 Å². The lowest BCUT2D eigenvalue weighted by Crippen LogP contribution is -2.15. The van der Waals surface area contributed by atoms with Gasteiger partial charge >= 0.3 is 0 Å². The Kier molecular flexibility index (Phi) is 6.41. The van der Waals surface area contributed by atoms with Crippen molar-refractivity contribution >= 4 is 21.4 Å². The molecule has 0 unspecified atom stereocenters. The molecule has 188 valence electrons. The summed E-state index contributed by atoms with van der Waals surface area (Å²) in [5, 5.41) is 9.81. The summed E-state index contributed by atoms with van der Waals surface area (Å²) in [6.07, 6.45) is 3.79. The van der Waals surface area contributed by atoms with E-state index >= 15 is 0 Å². The van der Waals surface area contributed by atoms with Crippen molar-refractivity contribution in [1.82, 2.24) is 8.96 Å². The summed E-state index contributed by atoms with van der Waals surface area (Å²) in [6, 6.07) is 18.7. The summed E-state index contributed by atoms with van der Waals surface area (Å²) >= 11 is 0. The highest BCUT2D eigenvalue weighted by Gasteiger charge is 2.29. The molecule has 37 heavy (non-hydrogen) atoms. The Labute approximate surface area is 214 Å². The van der Waals surface area contributed by atoms with Gasteiger partial charge in [-0.3, -0.25) is 4.79 Å². The third kappa shape index (κ3) is 4.22. The molecule has 1 aromatic heterocycles. The minimum absolute atomic E-state index is 0.0594. The Morgan fingerprint density at radius 3 is 2.46 bits per heavy atom. The zero-order chi connectivity index (χ0) is 26.2. The number of aliphatic hydroxyl groups excluding tert-OH is 1. The Hall–Kier alpha value is -4.21. The Bertz CT molecular complexity index is 1610. The Morgan fingerprint density at radius 2 is 1.76 bits per heavy atom. The summed E-state index contributed by atoms with van der Waals surface area (Å²) in [7, 11) is -1.20. The van der Waals surface area contributed by atoms with Crippen LogP contribution in [0.4, 0.5) is 0 Å². The zero-order valence-corrected chi connectivity index (χ0v) is 21.0. The van der Waals surface area contributed by atoms with Crippen LogP contribution in [0, 0.1) is 0 Å². The van der Waals surface area contributed by atoms with E-state index < -0.39 is 15.8 Å². The van der Waals surface area contributed by atoms with Crippen LogP contribution in [0.1, 0.15) is 38.6 Å². The Balaban J connectivity index is 1.68. The molecule has 0 saturated carbocycles. The first-order valence-corrected chi connectivity index (χ1v) is 12.9. The van der Waals surface area contributed by atoms with Crippen molar-refractivity contribution in [1.29, 1.82) is 0 Å². The van der Waals surface area contributed by atoms with Gasteiger partial charge in [-0.15, -0.1) is 0 Å². The highest BCUT2D eigenvalue weighted by Crippen LogP contribution is 2.36. The number of hydrogen-bond donors (Lipinski definition) is 1. The van der Waals surface area contributed by atoms with Gasteiger partial charge in [0.2, 0.25) is 5.78 Å². The molecule has 0 atom stereocenters. The fourth-order valence-electron chi connectivity index (χ4n) is 4.48. The molecule has 1 heterocycles. The van der Waals surface area contributed by atoms with Gasteiger partial charge in [0.25, 0.3) is 10.0 Å². The van der Waals surface area contributed by atoms with E-state index in [0.717, 1.165) is 15.1 Å². The number of allylic oxidation sites excluding steroid dienone is 1. The fraction of sp³-hybridized carbons (Fsp3) is 0.143. The molecule has 0 radical (unpaired) electrons. The number of ketones is 1. The summed E-state index contributed by atoms with van der Waals surface area (Å²) in [5.41, 5.74) is 3.02. The lowest BCUT2D eigenvalue weighted by molar-refractivity contribution is 0.103. The molecule has 0 amide bonds. The molecule has 1 aliphatic carbocycles. The number of fused-ring (bicyclic) bond motifs is 1. The van der Waals surface area contributed by atoms with Gasteiger partial charge in [0.1, 0.15) is 5.69 Å². The molecule has 8 nitrogen and oxygen atoms in total. The summed E-state index contributed by atoms with van der Waals surface area (Å²) < 4.78 is 39.1. The molecule has 5 rings (SSSR count). The van der Waals surface area contributed by atoms with Crippen LogP contribution < -0.4 is 9.47 Å². The first kappa shape index (κ1) is 24.5. The molecule has 1 N–H and O–H groups in total. The first-order chi connectivity index (χ1) is 17.9. The van der Waals surface area contributed by atoms with Crippen molar-refractivity contribution in [3.8, 4) is 11.5 Å². The molecule has 0 spiro atoms. The monoisotopic (exact) mass is 516 g/mol. The third-order valence-corrected chi connectivity index (χ3v) is 7.93. The number of aromatic nitrogens is 2. The van der Waals surface area contributed by atoms with Crippen molar-refractivity contribution in [2.24, 2.45) is 0 Å². The van der Waals surface area contributed by atoms with Gasteiger partial charge in [0, 0.05) is 16.7 Å². The van der Waals surface area contributed by atoms with E-state index in [4.69, 9.17) is 9.47 Å².